The van der Waals surface area contributed by atoms with E-state index in [1.54, 1.807) is 0 Å². The van der Waals surface area contributed by atoms with Crippen molar-refractivity contribution in [2.24, 2.45) is 0 Å². The number of nitrogens with one attached hydrogen (secondary N) is 1. The molecule has 1 fully saturated rings. The zero-order valence-corrected chi connectivity index (χ0v) is 14.8. The number of nitrogens with zero attached hydrogens (tertiary/aromatic N) is 4. The lowest BCUT2D eigenvalue weighted by Crippen LogP contribution is -2.34. The summed E-state index contributed by atoms with van der Waals surface area (Å²) in [6.07, 6.45) is 7.14. The molecule has 3 atom stereocenters. The predicted octanol–water partition coefficient (Wildman–Crippen LogP) is 0.603. The van der Waals surface area contributed by atoms with Crippen molar-refractivity contribution in [2.75, 3.05) is 24.3 Å². The zero-order valence-electron chi connectivity index (χ0n) is 14.8. The van der Waals surface area contributed by atoms with Gasteiger partial charge in [-0.05, 0) is 12.8 Å². The van der Waals surface area contributed by atoms with Gasteiger partial charge in [-0.25, -0.2) is 9.37 Å². The number of nitrogen functional groups attached to an aromatic ring is 1. The van der Waals surface area contributed by atoms with Crippen LogP contribution in [0.1, 0.15) is 31.9 Å². The van der Waals surface area contributed by atoms with Crippen molar-refractivity contribution in [2.45, 2.75) is 50.2 Å². The smallest absolute Gasteiger partial charge is 0.224 e. The highest BCUT2D eigenvalue weighted by Crippen LogP contribution is 2.28. The van der Waals surface area contributed by atoms with Crippen molar-refractivity contribution in [3.8, 4) is 12.3 Å². The van der Waals surface area contributed by atoms with Gasteiger partial charge in [0.05, 0.1) is 12.9 Å². The van der Waals surface area contributed by atoms with E-state index in [1.807, 2.05) is 0 Å². The molecule has 0 amide bonds. The van der Waals surface area contributed by atoms with Gasteiger partial charge in [-0.2, -0.15) is 9.97 Å². The van der Waals surface area contributed by atoms with Crippen molar-refractivity contribution in [3.63, 3.8) is 0 Å². The molecule has 0 aromatic carbocycles. The van der Waals surface area contributed by atoms with Crippen molar-refractivity contribution in [3.05, 3.63) is 6.33 Å². The summed E-state index contributed by atoms with van der Waals surface area (Å²) in [6.45, 7) is -1.52. The molecule has 0 unspecified atom stereocenters. The summed E-state index contributed by atoms with van der Waals surface area (Å²) >= 11 is 0. The molecule has 146 valence electrons. The second kappa shape index (κ2) is 8.47. The first-order valence-corrected chi connectivity index (χ1v) is 8.80. The first-order chi connectivity index (χ1) is 13.1. The number of hydrogen-bond acceptors (Lipinski definition) is 8. The van der Waals surface area contributed by atoms with E-state index in [2.05, 4.69) is 26.2 Å². The van der Waals surface area contributed by atoms with Crippen molar-refractivity contribution < 1.29 is 19.3 Å². The topological polar surface area (TPSA) is 131 Å². The van der Waals surface area contributed by atoms with E-state index in [9.17, 15) is 14.6 Å². The summed E-state index contributed by atoms with van der Waals surface area (Å²) in [6, 6.07) is 0.283. The van der Waals surface area contributed by atoms with Crippen molar-refractivity contribution in [1.82, 2.24) is 19.5 Å². The lowest BCUT2D eigenvalue weighted by Gasteiger charge is -2.24. The monoisotopic (exact) mass is 378 g/mol. The van der Waals surface area contributed by atoms with Gasteiger partial charge in [0.25, 0.3) is 0 Å². The number of hydrogen-bond donors (Lipinski definition) is 4. The van der Waals surface area contributed by atoms with E-state index in [4.69, 9.17) is 16.9 Å². The molecule has 0 aliphatic heterocycles. The van der Waals surface area contributed by atoms with Gasteiger partial charge in [-0.1, -0.05) is 18.8 Å². The maximum absolute atomic E-state index is 13.7. The van der Waals surface area contributed by atoms with Gasteiger partial charge in [0.1, 0.15) is 18.9 Å². The van der Waals surface area contributed by atoms with Gasteiger partial charge in [-0.15, -0.1) is 6.42 Å². The number of halogens is 1. The minimum atomic E-state index is -1.38. The van der Waals surface area contributed by atoms with E-state index in [-0.39, 0.29) is 17.6 Å². The summed E-state index contributed by atoms with van der Waals surface area (Å²) in [5, 5.41) is 22.4. The second-order valence-electron chi connectivity index (χ2n) is 6.46. The van der Waals surface area contributed by atoms with Crippen LogP contribution in [0.3, 0.4) is 0 Å². The minimum absolute atomic E-state index is 0.0183. The van der Waals surface area contributed by atoms with E-state index in [0.717, 1.165) is 25.7 Å². The van der Waals surface area contributed by atoms with Crippen LogP contribution in [-0.2, 0) is 4.74 Å². The van der Waals surface area contributed by atoms with Crippen LogP contribution in [0.5, 0.6) is 0 Å². The van der Waals surface area contributed by atoms with Gasteiger partial charge in [0, 0.05) is 6.04 Å². The normalized spacial score (nSPS) is 18.3. The Hall–Kier alpha value is -2.48. The van der Waals surface area contributed by atoms with Crippen LogP contribution in [-0.4, -0.2) is 61.3 Å². The summed E-state index contributed by atoms with van der Waals surface area (Å²) in [7, 11) is 0. The number of alkyl halides is 1. The molecule has 0 radical (unpaired) electrons. The Morgan fingerprint density at radius 3 is 2.81 bits per heavy atom. The highest BCUT2D eigenvalue weighted by atomic mass is 19.1. The fourth-order valence-electron chi connectivity index (χ4n) is 3.21. The molecule has 1 saturated carbocycles. The summed E-state index contributed by atoms with van der Waals surface area (Å²) in [5.74, 6) is 2.56. The standard InChI is InChI=1S/C17H23FN6O3/c1-2-11(26)12(8-25)27-13(7-18)24-9-20-14-15(21-10-5-3-4-6-10)22-17(19)23-16(14)24/h1,9-13,25-26H,3-8H2,(H3,19,21,22,23)/t11-,12+,13+/m0/s1. The van der Waals surface area contributed by atoms with Gasteiger partial charge in [0.15, 0.2) is 23.2 Å². The molecule has 1 aliphatic carbocycles. The van der Waals surface area contributed by atoms with Crippen LogP contribution in [0, 0.1) is 12.3 Å². The van der Waals surface area contributed by atoms with Crippen LogP contribution in [0.25, 0.3) is 11.2 Å². The number of aromatic nitrogens is 4. The van der Waals surface area contributed by atoms with Crippen molar-refractivity contribution >= 4 is 22.9 Å². The minimum Gasteiger partial charge on any atom is -0.394 e. The molecular weight excluding hydrogens is 355 g/mol. The van der Waals surface area contributed by atoms with Gasteiger partial charge in [0.2, 0.25) is 5.95 Å². The number of aliphatic hydroxyl groups excluding tert-OH is 2. The van der Waals surface area contributed by atoms with Gasteiger partial charge < -0.3 is 26.0 Å². The Balaban J connectivity index is 1.91. The third-order valence-electron chi connectivity index (χ3n) is 4.61. The Morgan fingerprint density at radius 1 is 1.44 bits per heavy atom. The third-order valence-corrected chi connectivity index (χ3v) is 4.61. The Labute approximate surface area is 155 Å². The fraction of sp³-hybridized carbons (Fsp3) is 0.588. The predicted molar refractivity (Wildman–Crippen MR) is 97.4 cm³/mol. The van der Waals surface area contributed by atoms with E-state index < -0.39 is 31.7 Å². The van der Waals surface area contributed by atoms with E-state index in [0.29, 0.717) is 11.3 Å². The maximum atomic E-state index is 13.7. The molecule has 0 bridgehead atoms. The van der Waals surface area contributed by atoms with Crippen LogP contribution >= 0.6 is 0 Å². The molecule has 0 saturated heterocycles. The molecule has 9 nitrogen and oxygen atoms in total. The molecule has 1 aliphatic rings. The molecule has 2 aromatic rings. The van der Waals surface area contributed by atoms with Crippen molar-refractivity contribution in [1.29, 1.82) is 0 Å². The van der Waals surface area contributed by atoms with Crippen LogP contribution < -0.4 is 11.1 Å². The quantitative estimate of drug-likeness (QED) is 0.491. The Morgan fingerprint density at radius 2 is 2.19 bits per heavy atom. The molecule has 2 heterocycles. The fourth-order valence-corrected chi connectivity index (χ4v) is 3.21. The average Bonchev–Trinajstić information content (AvgIpc) is 3.32. The number of anilines is 2. The molecule has 5 N–H and O–H groups in total. The number of nitrogens with two attached hydrogens (primary N) is 1. The number of imidazole rings is 1. The lowest BCUT2D eigenvalue weighted by molar-refractivity contribution is -0.115. The van der Waals surface area contributed by atoms with Crippen LogP contribution in [0.4, 0.5) is 16.2 Å². The molecule has 3 rings (SSSR count). The number of aliphatic hydroxyl groups is 2. The highest BCUT2D eigenvalue weighted by molar-refractivity contribution is 5.84. The Kier molecular flexibility index (Phi) is 6.05. The van der Waals surface area contributed by atoms with Gasteiger partial charge in [-0.3, -0.25) is 4.57 Å². The van der Waals surface area contributed by atoms with E-state index >= 15 is 0 Å². The number of rotatable bonds is 8. The second-order valence-corrected chi connectivity index (χ2v) is 6.46. The highest BCUT2D eigenvalue weighted by Gasteiger charge is 2.26. The Bertz CT molecular complexity index is 817. The number of fused-ring (bicyclic) bond motifs is 1. The molecule has 27 heavy (non-hydrogen) atoms. The number of ether oxygens (including phenoxy) is 1. The van der Waals surface area contributed by atoms with Gasteiger partial charge >= 0.3 is 0 Å². The third kappa shape index (κ3) is 4.10. The summed E-state index contributed by atoms with van der Waals surface area (Å²) in [4.78, 5) is 12.7. The largest absolute Gasteiger partial charge is 0.394 e. The average molecular weight is 378 g/mol. The summed E-state index contributed by atoms with van der Waals surface area (Å²) < 4.78 is 20.5. The molecule has 10 heteroatoms. The zero-order chi connectivity index (χ0) is 19.4. The SMILES string of the molecule is C#C[C@H](O)[C@@H](CO)O[C@H](CF)n1cnc2c(NC3CCCC3)nc(N)nc21. The summed E-state index contributed by atoms with van der Waals surface area (Å²) in [5.41, 5.74) is 6.55. The first-order valence-electron chi connectivity index (χ1n) is 8.80. The lowest BCUT2D eigenvalue weighted by atomic mass is 10.2. The number of terminal acetylenes is 1. The molecular formula is C17H23FN6O3. The first kappa shape index (κ1) is 19.3. The molecule has 2 aromatic heterocycles. The maximum Gasteiger partial charge on any atom is 0.224 e. The van der Waals surface area contributed by atoms with Crippen LogP contribution in [0.2, 0.25) is 0 Å². The van der Waals surface area contributed by atoms with E-state index in [1.165, 1.54) is 10.9 Å². The molecule has 0 spiro atoms. The van der Waals surface area contributed by atoms with Crippen LogP contribution in [0.15, 0.2) is 6.33 Å².